The Morgan fingerprint density at radius 3 is 2.60 bits per heavy atom. The molecule has 1 aromatic rings. The van der Waals surface area contributed by atoms with Crippen molar-refractivity contribution in [3.05, 3.63) is 35.9 Å². The molecule has 1 aromatic carbocycles. The lowest BCUT2D eigenvalue weighted by Gasteiger charge is -2.46. The first-order chi connectivity index (χ1) is 9.61. The van der Waals surface area contributed by atoms with E-state index >= 15 is 0 Å². The Morgan fingerprint density at radius 1 is 1.30 bits per heavy atom. The molecule has 1 aliphatic heterocycles. The SMILES string of the molecule is CCC1(C)CN(CC2CC2C)C(c2ccccc2)CN1. The second-order valence-corrected chi connectivity index (χ2v) is 7.12. The van der Waals surface area contributed by atoms with Crippen LogP contribution in [0.2, 0.25) is 0 Å². The Hall–Kier alpha value is -0.860. The highest BCUT2D eigenvalue weighted by Crippen LogP contribution is 2.40. The standard InChI is InChI=1S/C18H28N2/c1-4-18(3)13-20(12-16-10-14(16)2)17(11-19-18)15-8-6-5-7-9-15/h5-9,14,16-17,19H,4,10-13H2,1-3H3. The van der Waals surface area contributed by atoms with Crippen LogP contribution in [0.4, 0.5) is 0 Å². The first kappa shape index (κ1) is 14.1. The van der Waals surface area contributed by atoms with Crippen molar-refractivity contribution in [3.63, 3.8) is 0 Å². The summed E-state index contributed by atoms with van der Waals surface area (Å²) in [6.07, 6.45) is 2.62. The quantitative estimate of drug-likeness (QED) is 0.903. The van der Waals surface area contributed by atoms with Gasteiger partial charge in [0, 0.05) is 31.2 Å². The highest BCUT2D eigenvalue weighted by Gasteiger charge is 2.40. The van der Waals surface area contributed by atoms with Crippen LogP contribution in [0.1, 0.15) is 45.2 Å². The maximum Gasteiger partial charge on any atom is 0.0473 e. The highest BCUT2D eigenvalue weighted by molar-refractivity contribution is 5.21. The summed E-state index contributed by atoms with van der Waals surface area (Å²) in [5, 5.41) is 3.79. The Balaban J connectivity index is 1.77. The van der Waals surface area contributed by atoms with Crippen molar-refractivity contribution in [2.24, 2.45) is 11.8 Å². The second kappa shape index (κ2) is 5.50. The smallest absolute Gasteiger partial charge is 0.0473 e. The van der Waals surface area contributed by atoms with Gasteiger partial charge < -0.3 is 5.32 Å². The fraction of sp³-hybridized carbons (Fsp3) is 0.667. The second-order valence-electron chi connectivity index (χ2n) is 7.12. The van der Waals surface area contributed by atoms with Crippen molar-refractivity contribution in [2.75, 3.05) is 19.6 Å². The summed E-state index contributed by atoms with van der Waals surface area (Å²) in [6, 6.07) is 11.6. The summed E-state index contributed by atoms with van der Waals surface area (Å²) in [5.41, 5.74) is 1.75. The molecule has 2 fully saturated rings. The van der Waals surface area contributed by atoms with Gasteiger partial charge in [0.05, 0.1) is 0 Å². The van der Waals surface area contributed by atoms with Crippen LogP contribution in [-0.4, -0.2) is 30.1 Å². The molecule has 20 heavy (non-hydrogen) atoms. The van der Waals surface area contributed by atoms with E-state index in [1.54, 1.807) is 0 Å². The lowest BCUT2D eigenvalue weighted by molar-refractivity contribution is 0.0785. The van der Waals surface area contributed by atoms with Crippen LogP contribution in [0.25, 0.3) is 0 Å². The molecule has 1 aliphatic carbocycles. The van der Waals surface area contributed by atoms with Crippen LogP contribution in [0.3, 0.4) is 0 Å². The monoisotopic (exact) mass is 272 g/mol. The van der Waals surface area contributed by atoms with Gasteiger partial charge in [-0.05, 0) is 37.2 Å². The maximum atomic E-state index is 3.79. The largest absolute Gasteiger partial charge is 0.308 e. The van der Waals surface area contributed by atoms with Crippen molar-refractivity contribution in [2.45, 2.75) is 45.2 Å². The van der Waals surface area contributed by atoms with Gasteiger partial charge in [-0.25, -0.2) is 0 Å². The van der Waals surface area contributed by atoms with E-state index in [2.05, 4.69) is 61.3 Å². The first-order valence-corrected chi connectivity index (χ1v) is 8.15. The number of hydrogen-bond acceptors (Lipinski definition) is 2. The summed E-state index contributed by atoms with van der Waals surface area (Å²) >= 11 is 0. The molecule has 1 N–H and O–H groups in total. The number of nitrogens with zero attached hydrogens (tertiary/aromatic N) is 1. The van der Waals surface area contributed by atoms with Crippen molar-refractivity contribution < 1.29 is 0 Å². The molecule has 2 heteroatoms. The van der Waals surface area contributed by atoms with E-state index in [-0.39, 0.29) is 5.54 Å². The molecule has 3 rings (SSSR count). The van der Waals surface area contributed by atoms with E-state index in [1.807, 2.05) is 0 Å². The third kappa shape index (κ3) is 2.91. The van der Waals surface area contributed by atoms with E-state index in [0.717, 1.165) is 18.4 Å². The Kier molecular flexibility index (Phi) is 3.87. The Labute approximate surface area is 123 Å². The van der Waals surface area contributed by atoms with Crippen LogP contribution in [0, 0.1) is 11.8 Å². The molecule has 1 heterocycles. The lowest BCUT2D eigenvalue weighted by atomic mass is 9.91. The predicted octanol–water partition coefficient (Wildman–Crippen LogP) is 3.46. The van der Waals surface area contributed by atoms with Gasteiger partial charge in [-0.15, -0.1) is 0 Å². The molecule has 4 unspecified atom stereocenters. The van der Waals surface area contributed by atoms with Gasteiger partial charge in [0.25, 0.3) is 0 Å². The van der Waals surface area contributed by atoms with E-state index < -0.39 is 0 Å². The summed E-state index contributed by atoms with van der Waals surface area (Å²) in [7, 11) is 0. The minimum atomic E-state index is 0.281. The molecular weight excluding hydrogens is 244 g/mol. The zero-order valence-corrected chi connectivity index (χ0v) is 13.1. The van der Waals surface area contributed by atoms with Gasteiger partial charge in [-0.1, -0.05) is 44.2 Å². The molecule has 0 aromatic heterocycles. The number of piperazine rings is 1. The topological polar surface area (TPSA) is 15.3 Å². The zero-order valence-electron chi connectivity index (χ0n) is 13.1. The molecule has 0 amide bonds. The molecule has 1 saturated carbocycles. The number of benzene rings is 1. The third-order valence-corrected chi connectivity index (χ3v) is 5.42. The van der Waals surface area contributed by atoms with Gasteiger partial charge >= 0.3 is 0 Å². The summed E-state index contributed by atoms with van der Waals surface area (Å²) in [4.78, 5) is 2.74. The minimum Gasteiger partial charge on any atom is -0.308 e. The van der Waals surface area contributed by atoms with Gasteiger partial charge in [0.2, 0.25) is 0 Å². The van der Waals surface area contributed by atoms with Gasteiger partial charge in [0.15, 0.2) is 0 Å². The van der Waals surface area contributed by atoms with Crippen molar-refractivity contribution in [1.82, 2.24) is 10.2 Å². The molecule has 2 nitrogen and oxygen atoms in total. The number of rotatable bonds is 4. The van der Waals surface area contributed by atoms with Crippen molar-refractivity contribution in [3.8, 4) is 0 Å². The van der Waals surface area contributed by atoms with Crippen molar-refractivity contribution in [1.29, 1.82) is 0 Å². The summed E-state index contributed by atoms with van der Waals surface area (Å²) in [5.74, 6) is 1.87. The molecule has 4 atom stereocenters. The third-order valence-electron chi connectivity index (χ3n) is 5.42. The highest BCUT2D eigenvalue weighted by atomic mass is 15.3. The van der Waals surface area contributed by atoms with Gasteiger partial charge in [-0.3, -0.25) is 4.90 Å². The average molecular weight is 272 g/mol. The molecule has 0 bridgehead atoms. The molecule has 0 radical (unpaired) electrons. The molecule has 2 aliphatic rings. The lowest BCUT2D eigenvalue weighted by Crippen LogP contribution is -2.59. The average Bonchev–Trinajstić information content (AvgIpc) is 3.15. The Bertz CT molecular complexity index is 444. The summed E-state index contributed by atoms with van der Waals surface area (Å²) in [6.45, 7) is 10.6. The normalized spacial score (nSPS) is 37.9. The summed E-state index contributed by atoms with van der Waals surface area (Å²) < 4.78 is 0. The zero-order chi connectivity index (χ0) is 14.2. The molecule has 1 saturated heterocycles. The van der Waals surface area contributed by atoms with E-state index in [0.29, 0.717) is 6.04 Å². The molecular formula is C18H28N2. The van der Waals surface area contributed by atoms with E-state index in [9.17, 15) is 0 Å². The van der Waals surface area contributed by atoms with Crippen LogP contribution in [0.5, 0.6) is 0 Å². The predicted molar refractivity (Wildman–Crippen MR) is 84.7 cm³/mol. The van der Waals surface area contributed by atoms with Crippen LogP contribution in [-0.2, 0) is 0 Å². The Morgan fingerprint density at radius 2 is 2.00 bits per heavy atom. The van der Waals surface area contributed by atoms with E-state index in [4.69, 9.17) is 0 Å². The fourth-order valence-corrected chi connectivity index (χ4v) is 3.47. The van der Waals surface area contributed by atoms with E-state index in [1.165, 1.54) is 31.5 Å². The van der Waals surface area contributed by atoms with Gasteiger partial charge in [-0.2, -0.15) is 0 Å². The van der Waals surface area contributed by atoms with Crippen LogP contribution < -0.4 is 5.32 Å². The van der Waals surface area contributed by atoms with Crippen LogP contribution in [0.15, 0.2) is 30.3 Å². The fourth-order valence-electron chi connectivity index (χ4n) is 3.47. The molecule has 110 valence electrons. The molecule has 0 spiro atoms. The first-order valence-electron chi connectivity index (χ1n) is 8.15. The number of hydrogen-bond donors (Lipinski definition) is 1. The van der Waals surface area contributed by atoms with Crippen molar-refractivity contribution >= 4 is 0 Å². The number of nitrogens with one attached hydrogen (secondary N) is 1. The van der Waals surface area contributed by atoms with Crippen LogP contribution >= 0.6 is 0 Å². The maximum absolute atomic E-state index is 3.79. The van der Waals surface area contributed by atoms with Gasteiger partial charge in [0.1, 0.15) is 0 Å². The minimum absolute atomic E-state index is 0.281.